The van der Waals surface area contributed by atoms with E-state index in [-0.39, 0.29) is 11.3 Å². The molecule has 4 rings (SSSR count). The summed E-state index contributed by atoms with van der Waals surface area (Å²) in [4.78, 5) is 16.4. The molecule has 0 atom stereocenters. The van der Waals surface area contributed by atoms with Gasteiger partial charge in [0.05, 0.1) is 12.5 Å². The molecule has 1 aromatic heterocycles. The van der Waals surface area contributed by atoms with Gasteiger partial charge in [-0.25, -0.2) is 0 Å². The van der Waals surface area contributed by atoms with Crippen molar-refractivity contribution in [1.29, 1.82) is 0 Å². The van der Waals surface area contributed by atoms with Gasteiger partial charge in [-0.3, -0.25) is 4.79 Å². The molecule has 0 saturated heterocycles. The normalized spacial score (nSPS) is 15.6. The number of carbonyl (C=O) groups is 1. The molecule has 27 heavy (non-hydrogen) atoms. The summed E-state index contributed by atoms with van der Waals surface area (Å²) in [7, 11) is 1.66. The quantitative estimate of drug-likeness (QED) is 0.675. The molecule has 4 nitrogen and oxygen atoms in total. The van der Waals surface area contributed by atoms with Crippen LogP contribution in [-0.4, -0.2) is 18.0 Å². The molecule has 0 spiro atoms. The fraction of sp³-hybridized carbons (Fsp3) is 0.348. The second-order valence-corrected chi connectivity index (χ2v) is 8.48. The van der Waals surface area contributed by atoms with Crippen LogP contribution < -0.4 is 10.1 Å². The zero-order valence-electron chi connectivity index (χ0n) is 16.3. The standard InChI is InChI=1S/C23H26N2O2/c1-22(2,3)15-5-7-16(8-6-15)25-21(26)23(11-12-23)19-14-24-20-10-9-17(27-4)13-18(19)20/h5-10,13-14,24H,11-12H2,1-4H3,(H,25,26). The number of anilines is 1. The lowest BCUT2D eigenvalue weighted by Crippen LogP contribution is -2.27. The monoisotopic (exact) mass is 362 g/mol. The number of nitrogens with one attached hydrogen (secondary N) is 2. The molecule has 140 valence electrons. The number of ether oxygens (including phenoxy) is 1. The Kier molecular flexibility index (Phi) is 4.02. The van der Waals surface area contributed by atoms with E-state index in [2.05, 4.69) is 43.2 Å². The molecule has 0 aliphatic heterocycles. The van der Waals surface area contributed by atoms with E-state index in [1.54, 1.807) is 7.11 Å². The van der Waals surface area contributed by atoms with E-state index in [4.69, 9.17) is 4.74 Å². The summed E-state index contributed by atoms with van der Waals surface area (Å²) in [5, 5.41) is 4.18. The van der Waals surface area contributed by atoms with Crippen LogP contribution in [0.5, 0.6) is 5.75 Å². The van der Waals surface area contributed by atoms with Crippen LogP contribution in [0.25, 0.3) is 10.9 Å². The lowest BCUT2D eigenvalue weighted by atomic mass is 9.87. The third-order valence-electron chi connectivity index (χ3n) is 5.60. The maximum Gasteiger partial charge on any atom is 0.235 e. The predicted octanol–water partition coefficient (Wildman–Crippen LogP) is 5.14. The molecule has 1 heterocycles. The minimum atomic E-state index is -0.451. The van der Waals surface area contributed by atoms with Crippen LogP contribution in [0.15, 0.2) is 48.7 Å². The van der Waals surface area contributed by atoms with E-state index in [1.165, 1.54) is 5.56 Å². The smallest absolute Gasteiger partial charge is 0.235 e. The predicted molar refractivity (Wildman–Crippen MR) is 110 cm³/mol. The molecule has 1 aliphatic carbocycles. The van der Waals surface area contributed by atoms with E-state index in [9.17, 15) is 4.79 Å². The topological polar surface area (TPSA) is 54.1 Å². The zero-order chi connectivity index (χ0) is 19.2. The highest BCUT2D eigenvalue weighted by atomic mass is 16.5. The second-order valence-electron chi connectivity index (χ2n) is 8.48. The highest BCUT2D eigenvalue weighted by molar-refractivity contribution is 6.04. The van der Waals surface area contributed by atoms with Crippen LogP contribution >= 0.6 is 0 Å². The summed E-state index contributed by atoms with van der Waals surface area (Å²) >= 11 is 0. The van der Waals surface area contributed by atoms with Gasteiger partial charge < -0.3 is 15.0 Å². The SMILES string of the molecule is COc1ccc2[nH]cc(C3(C(=O)Nc4ccc(C(C)(C)C)cc4)CC3)c2c1. The average molecular weight is 362 g/mol. The average Bonchev–Trinajstić information content (AvgIpc) is 3.34. The van der Waals surface area contributed by atoms with Crippen LogP contribution in [0.1, 0.15) is 44.7 Å². The number of benzene rings is 2. The fourth-order valence-electron chi connectivity index (χ4n) is 3.67. The Balaban J connectivity index is 1.60. The van der Waals surface area contributed by atoms with Crippen molar-refractivity contribution in [2.45, 2.75) is 44.4 Å². The summed E-state index contributed by atoms with van der Waals surface area (Å²) in [5.41, 5.74) is 3.83. The van der Waals surface area contributed by atoms with Crippen LogP contribution in [0.4, 0.5) is 5.69 Å². The van der Waals surface area contributed by atoms with Crippen molar-refractivity contribution >= 4 is 22.5 Å². The molecule has 1 saturated carbocycles. The van der Waals surface area contributed by atoms with Gasteiger partial charge >= 0.3 is 0 Å². The molecule has 3 aromatic rings. The Labute approximate surface area is 159 Å². The van der Waals surface area contributed by atoms with Gasteiger partial charge in [0, 0.05) is 22.8 Å². The Morgan fingerprint density at radius 1 is 1.11 bits per heavy atom. The van der Waals surface area contributed by atoms with Gasteiger partial charge in [-0.2, -0.15) is 0 Å². The number of hydrogen-bond donors (Lipinski definition) is 2. The van der Waals surface area contributed by atoms with Gasteiger partial charge in [0.25, 0.3) is 0 Å². The Morgan fingerprint density at radius 3 is 2.41 bits per heavy atom. The number of amides is 1. The Bertz CT molecular complexity index is 989. The van der Waals surface area contributed by atoms with Crippen LogP contribution in [0.2, 0.25) is 0 Å². The van der Waals surface area contributed by atoms with E-state index < -0.39 is 5.41 Å². The first-order chi connectivity index (χ1) is 12.8. The van der Waals surface area contributed by atoms with Gasteiger partial charge in [-0.15, -0.1) is 0 Å². The van der Waals surface area contributed by atoms with E-state index in [0.29, 0.717) is 0 Å². The lowest BCUT2D eigenvalue weighted by molar-refractivity contribution is -0.118. The molecule has 2 N–H and O–H groups in total. The number of H-pyrrole nitrogens is 1. The summed E-state index contributed by atoms with van der Waals surface area (Å²) < 4.78 is 5.36. The molecule has 0 unspecified atom stereocenters. The lowest BCUT2D eigenvalue weighted by Gasteiger charge is -2.20. The molecular formula is C23H26N2O2. The third kappa shape index (κ3) is 3.09. The van der Waals surface area contributed by atoms with Crippen molar-refractivity contribution in [2.24, 2.45) is 0 Å². The minimum Gasteiger partial charge on any atom is -0.497 e. The van der Waals surface area contributed by atoms with Gasteiger partial charge in [0.15, 0.2) is 0 Å². The van der Waals surface area contributed by atoms with Crippen molar-refractivity contribution in [1.82, 2.24) is 4.98 Å². The first-order valence-electron chi connectivity index (χ1n) is 9.41. The molecule has 2 aromatic carbocycles. The maximum absolute atomic E-state index is 13.1. The molecule has 0 bridgehead atoms. The van der Waals surface area contributed by atoms with Crippen molar-refractivity contribution in [3.8, 4) is 5.75 Å². The first kappa shape index (κ1) is 17.7. The summed E-state index contributed by atoms with van der Waals surface area (Å²) in [5.74, 6) is 0.868. The van der Waals surface area contributed by atoms with Crippen molar-refractivity contribution in [3.63, 3.8) is 0 Å². The van der Waals surface area contributed by atoms with E-state index in [1.807, 2.05) is 36.5 Å². The number of methoxy groups -OCH3 is 1. The number of fused-ring (bicyclic) bond motifs is 1. The summed E-state index contributed by atoms with van der Waals surface area (Å²) in [6.07, 6.45) is 3.70. The molecular weight excluding hydrogens is 336 g/mol. The Morgan fingerprint density at radius 2 is 1.81 bits per heavy atom. The van der Waals surface area contributed by atoms with Crippen molar-refractivity contribution in [3.05, 3.63) is 59.8 Å². The van der Waals surface area contributed by atoms with Crippen LogP contribution in [0.3, 0.4) is 0 Å². The summed E-state index contributed by atoms with van der Waals surface area (Å²) in [6, 6.07) is 14.1. The van der Waals surface area contributed by atoms with E-state index in [0.717, 1.165) is 40.7 Å². The number of aromatic amines is 1. The number of hydrogen-bond acceptors (Lipinski definition) is 2. The summed E-state index contributed by atoms with van der Waals surface area (Å²) in [6.45, 7) is 6.56. The Hall–Kier alpha value is -2.75. The van der Waals surface area contributed by atoms with Crippen molar-refractivity contribution < 1.29 is 9.53 Å². The molecule has 1 fully saturated rings. The number of carbonyl (C=O) groups excluding carboxylic acids is 1. The fourth-order valence-corrected chi connectivity index (χ4v) is 3.67. The van der Waals surface area contributed by atoms with Crippen molar-refractivity contribution in [2.75, 3.05) is 12.4 Å². The molecule has 4 heteroatoms. The largest absolute Gasteiger partial charge is 0.497 e. The first-order valence-corrected chi connectivity index (χ1v) is 9.41. The second kappa shape index (κ2) is 6.15. The molecule has 1 amide bonds. The third-order valence-corrected chi connectivity index (χ3v) is 5.60. The highest BCUT2D eigenvalue weighted by Gasteiger charge is 2.52. The highest BCUT2D eigenvalue weighted by Crippen LogP contribution is 2.51. The molecule has 0 radical (unpaired) electrons. The number of rotatable bonds is 4. The van der Waals surface area contributed by atoms with Gasteiger partial charge in [-0.1, -0.05) is 32.9 Å². The number of aromatic nitrogens is 1. The molecule has 1 aliphatic rings. The van der Waals surface area contributed by atoms with Gasteiger partial charge in [-0.05, 0) is 59.7 Å². The van der Waals surface area contributed by atoms with Crippen LogP contribution in [0, 0.1) is 0 Å². The van der Waals surface area contributed by atoms with Gasteiger partial charge in [0.1, 0.15) is 5.75 Å². The van der Waals surface area contributed by atoms with Gasteiger partial charge in [0.2, 0.25) is 5.91 Å². The van der Waals surface area contributed by atoms with Crippen LogP contribution in [-0.2, 0) is 15.6 Å². The minimum absolute atomic E-state index is 0.0646. The van der Waals surface area contributed by atoms with E-state index >= 15 is 0 Å². The zero-order valence-corrected chi connectivity index (χ0v) is 16.3. The maximum atomic E-state index is 13.1.